The Kier molecular flexibility index (Phi) is 4.57. The van der Waals surface area contributed by atoms with Crippen LogP contribution in [0.2, 0.25) is 0 Å². The molecular formula is C7H18O7P2. The maximum absolute atomic E-state index is 11.2. The lowest BCUT2D eigenvalue weighted by Gasteiger charge is -2.42. The first-order chi connectivity index (χ1) is 6.81. The van der Waals surface area contributed by atoms with Gasteiger partial charge in [0.2, 0.25) is 0 Å². The summed E-state index contributed by atoms with van der Waals surface area (Å²) in [6.45, 7) is 4.12. The summed E-state index contributed by atoms with van der Waals surface area (Å²) in [5.74, 6) is 0. The molecule has 0 amide bonds. The van der Waals surface area contributed by atoms with Crippen molar-refractivity contribution in [1.82, 2.24) is 0 Å². The van der Waals surface area contributed by atoms with Crippen LogP contribution in [0, 0.1) is 5.41 Å². The molecule has 0 aromatic rings. The van der Waals surface area contributed by atoms with E-state index in [9.17, 15) is 14.2 Å². The summed E-state index contributed by atoms with van der Waals surface area (Å²) in [4.78, 5) is 36.0. The van der Waals surface area contributed by atoms with Crippen LogP contribution in [0.5, 0.6) is 0 Å². The van der Waals surface area contributed by atoms with E-state index in [1.807, 2.05) is 0 Å². The zero-order valence-corrected chi connectivity index (χ0v) is 11.2. The molecule has 9 heteroatoms. The molecule has 0 aromatic heterocycles. The quantitative estimate of drug-likeness (QED) is 0.469. The van der Waals surface area contributed by atoms with Crippen LogP contribution in [-0.2, 0) is 9.13 Å². The fourth-order valence-corrected chi connectivity index (χ4v) is 4.91. The Balaban J connectivity index is 5.81. The van der Waals surface area contributed by atoms with Gasteiger partial charge in [-0.05, 0) is 6.42 Å². The minimum atomic E-state index is -5.37. The minimum absolute atomic E-state index is 0.0692. The van der Waals surface area contributed by atoms with E-state index in [1.165, 1.54) is 13.8 Å². The molecule has 0 saturated carbocycles. The van der Waals surface area contributed by atoms with Crippen LogP contribution in [0.1, 0.15) is 33.6 Å². The smallest absolute Gasteiger partial charge is 0.367 e. The fourth-order valence-electron chi connectivity index (χ4n) is 1.75. The third kappa shape index (κ3) is 2.57. The molecule has 16 heavy (non-hydrogen) atoms. The molecule has 0 unspecified atom stereocenters. The highest BCUT2D eigenvalue weighted by Gasteiger charge is 2.67. The summed E-state index contributed by atoms with van der Waals surface area (Å²) >= 11 is 0. The molecule has 0 heterocycles. The second-order valence-electron chi connectivity index (χ2n) is 4.36. The summed E-state index contributed by atoms with van der Waals surface area (Å²) in [5.41, 5.74) is -1.60. The van der Waals surface area contributed by atoms with Crippen LogP contribution in [0.15, 0.2) is 0 Å². The van der Waals surface area contributed by atoms with E-state index in [0.29, 0.717) is 6.42 Å². The number of hydrogen-bond donors (Lipinski definition) is 5. The predicted octanol–water partition coefficient (Wildman–Crippen LogP) is 0.814. The molecule has 0 bridgehead atoms. The lowest BCUT2D eigenvalue weighted by Crippen LogP contribution is -2.44. The Hall–Kier alpha value is 0.260. The Bertz CT molecular complexity index is 317. The van der Waals surface area contributed by atoms with Crippen molar-refractivity contribution in [3.05, 3.63) is 0 Å². The van der Waals surface area contributed by atoms with Gasteiger partial charge in [0.15, 0.2) is 0 Å². The first-order valence-corrected chi connectivity index (χ1v) is 7.87. The first-order valence-electron chi connectivity index (χ1n) is 4.65. The molecule has 0 aliphatic heterocycles. The SMILES string of the molecule is CCCC(C)(C)C(O)(P(=O)(O)O)P(=O)(O)O. The van der Waals surface area contributed by atoms with Gasteiger partial charge in [-0.25, -0.2) is 0 Å². The van der Waals surface area contributed by atoms with Crippen LogP contribution >= 0.6 is 15.2 Å². The molecular weight excluding hydrogens is 258 g/mol. The van der Waals surface area contributed by atoms with E-state index in [-0.39, 0.29) is 6.42 Å². The molecule has 0 aliphatic rings. The fraction of sp³-hybridized carbons (Fsp3) is 1.00. The van der Waals surface area contributed by atoms with E-state index in [0.717, 1.165) is 0 Å². The summed E-state index contributed by atoms with van der Waals surface area (Å²) in [6.07, 6.45) is 0.495. The molecule has 0 radical (unpaired) electrons. The highest BCUT2D eigenvalue weighted by molar-refractivity contribution is 7.72. The van der Waals surface area contributed by atoms with E-state index in [4.69, 9.17) is 19.6 Å². The molecule has 0 atom stereocenters. The monoisotopic (exact) mass is 276 g/mol. The largest absolute Gasteiger partial charge is 0.370 e. The van der Waals surface area contributed by atoms with E-state index in [2.05, 4.69) is 0 Å². The van der Waals surface area contributed by atoms with Gasteiger partial charge in [-0.2, -0.15) is 0 Å². The van der Waals surface area contributed by atoms with Gasteiger partial charge < -0.3 is 24.7 Å². The van der Waals surface area contributed by atoms with Crippen molar-refractivity contribution < 1.29 is 33.8 Å². The first kappa shape index (κ1) is 16.3. The van der Waals surface area contributed by atoms with Crippen molar-refractivity contribution >= 4 is 15.2 Å². The van der Waals surface area contributed by atoms with E-state index in [1.54, 1.807) is 6.92 Å². The van der Waals surface area contributed by atoms with Gasteiger partial charge >= 0.3 is 15.2 Å². The molecule has 0 fully saturated rings. The Labute approximate surface area is 93.8 Å². The van der Waals surface area contributed by atoms with Crippen LogP contribution in [0.3, 0.4) is 0 Å². The van der Waals surface area contributed by atoms with Crippen molar-refractivity contribution in [2.45, 2.75) is 38.7 Å². The second-order valence-corrected chi connectivity index (χ2v) is 8.18. The highest BCUT2D eigenvalue weighted by atomic mass is 31.2. The van der Waals surface area contributed by atoms with Gasteiger partial charge in [0, 0.05) is 5.41 Å². The van der Waals surface area contributed by atoms with Crippen LogP contribution in [-0.4, -0.2) is 29.8 Å². The predicted molar refractivity (Wildman–Crippen MR) is 57.7 cm³/mol. The topological polar surface area (TPSA) is 135 Å². The summed E-state index contributed by atoms with van der Waals surface area (Å²) in [6, 6.07) is 0. The van der Waals surface area contributed by atoms with Gasteiger partial charge in [-0.1, -0.05) is 27.2 Å². The third-order valence-electron chi connectivity index (χ3n) is 2.60. The molecule has 98 valence electrons. The zero-order chi connectivity index (χ0) is 13.4. The molecule has 7 nitrogen and oxygen atoms in total. The van der Waals surface area contributed by atoms with Gasteiger partial charge in [-0.3, -0.25) is 9.13 Å². The molecule has 0 saturated heterocycles. The van der Waals surface area contributed by atoms with Crippen molar-refractivity contribution in [3.63, 3.8) is 0 Å². The number of aliphatic hydroxyl groups is 1. The molecule has 0 aliphatic carbocycles. The number of hydrogen-bond acceptors (Lipinski definition) is 3. The van der Waals surface area contributed by atoms with Gasteiger partial charge in [-0.15, -0.1) is 0 Å². The molecule has 0 aromatic carbocycles. The van der Waals surface area contributed by atoms with Gasteiger partial charge in [0.1, 0.15) is 0 Å². The maximum atomic E-state index is 11.2. The minimum Gasteiger partial charge on any atom is -0.367 e. The van der Waals surface area contributed by atoms with E-state index < -0.39 is 25.7 Å². The molecule has 5 N–H and O–H groups in total. The van der Waals surface area contributed by atoms with E-state index >= 15 is 0 Å². The van der Waals surface area contributed by atoms with Crippen molar-refractivity contribution in [2.75, 3.05) is 0 Å². The van der Waals surface area contributed by atoms with Gasteiger partial charge in [0.05, 0.1) is 0 Å². The van der Waals surface area contributed by atoms with Crippen molar-refractivity contribution in [1.29, 1.82) is 0 Å². The lowest BCUT2D eigenvalue weighted by atomic mass is 9.88. The molecule has 0 spiro atoms. The normalized spacial score (nSPS) is 15.2. The summed E-state index contributed by atoms with van der Waals surface area (Å²) in [5, 5.41) is 6.47. The average Bonchev–Trinajstić information content (AvgIpc) is 1.98. The number of rotatable bonds is 5. The zero-order valence-electron chi connectivity index (χ0n) is 9.36. The van der Waals surface area contributed by atoms with Crippen molar-refractivity contribution in [2.24, 2.45) is 5.41 Å². The van der Waals surface area contributed by atoms with Crippen LogP contribution in [0.25, 0.3) is 0 Å². The van der Waals surface area contributed by atoms with Gasteiger partial charge in [0.25, 0.3) is 5.08 Å². The third-order valence-corrected chi connectivity index (χ3v) is 6.99. The standard InChI is InChI=1S/C7H18O7P2/c1-4-5-6(2,3)7(8,15(9,10)11)16(12,13)14/h8H,4-5H2,1-3H3,(H2,9,10,11)(H2,12,13,14). The molecule has 0 rings (SSSR count). The second kappa shape index (κ2) is 4.50. The Morgan fingerprint density at radius 1 is 1.00 bits per heavy atom. The highest BCUT2D eigenvalue weighted by Crippen LogP contribution is 2.74. The average molecular weight is 276 g/mol. The Morgan fingerprint density at radius 2 is 1.31 bits per heavy atom. The van der Waals surface area contributed by atoms with Crippen LogP contribution in [0.4, 0.5) is 0 Å². The Morgan fingerprint density at radius 3 is 1.50 bits per heavy atom. The van der Waals surface area contributed by atoms with Crippen LogP contribution < -0.4 is 0 Å². The summed E-state index contributed by atoms with van der Waals surface area (Å²) in [7, 11) is -10.7. The lowest BCUT2D eigenvalue weighted by molar-refractivity contribution is 0.0251. The summed E-state index contributed by atoms with van der Waals surface area (Å²) < 4.78 is 22.3. The maximum Gasteiger partial charge on any atom is 0.370 e. The van der Waals surface area contributed by atoms with Crippen molar-refractivity contribution in [3.8, 4) is 0 Å².